The first-order valence-electron chi connectivity index (χ1n) is 8.10. The summed E-state index contributed by atoms with van der Waals surface area (Å²) in [5, 5.41) is 2.66. The van der Waals surface area contributed by atoms with Crippen LogP contribution in [0.25, 0.3) is 0 Å². The number of amides is 1. The molecule has 1 atom stereocenters. The van der Waals surface area contributed by atoms with Gasteiger partial charge in [-0.1, -0.05) is 0 Å². The minimum Gasteiger partial charge on any atom is -0.467 e. The predicted molar refractivity (Wildman–Crippen MR) is 81.8 cm³/mol. The molecule has 1 saturated carbocycles. The summed E-state index contributed by atoms with van der Waals surface area (Å²) in [5.74, 6) is -0.971. The normalized spacial score (nSPS) is 22.6. The molecule has 2 aliphatic rings. The zero-order valence-electron chi connectivity index (χ0n) is 14.3. The summed E-state index contributed by atoms with van der Waals surface area (Å²) in [6.07, 6.45) is 2.24. The average Bonchev–Trinajstić information content (AvgIpc) is 2.91. The molecule has 1 saturated heterocycles. The first kappa shape index (κ1) is 18.0. The van der Waals surface area contributed by atoms with E-state index in [1.54, 1.807) is 20.8 Å². The van der Waals surface area contributed by atoms with Crippen molar-refractivity contribution in [2.45, 2.75) is 63.9 Å². The quantitative estimate of drug-likeness (QED) is 0.797. The SMILES string of the molecule is COC(=O)[C@@H](NC(=O)OC(C)(C)C)C1CCC2(CC1)OCCO2. The fraction of sp³-hybridized carbons (Fsp3) is 0.875. The molecule has 0 bridgehead atoms. The van der Waals surface area contributed by atoms with Crippen LogP contribution < -0.4 is 5.32 Å². The van der Waals surface area contributed by atoms with E-state index in [4.69, 9.17) is 18.9 Å². The van der Waals surface area contributed by atoms with Crippen LogP contribution in [0.5, 0.6) is 0 Å². The number of methoxy groups -OCH3 is 1. The van der Waals surface area contributed by atoms with Gasteiger partial charge in [-0.05, 0) is 39.5 Å². The van der Waals surface area contributed by atoms with Gasteiger partial charge in [-0.15, -0.1) is 0 Å². The van der Waals surface area contributed by atoms with Crippen molar-refractivity contribution < 1.29 is 28.5 Å². The average molecular weight is 329 g/mol. The molecule has 1 heterocycles. The van der Waals surface area contributed by atoms with E-state index >= 15 is 0 Å². The van der Waals surface area contributed by atoms with Crippen molar-refractivity contribution in [1.29, 1.82) is 0 Å². The Balaban J connectivity index is 1.96. The zero-order valence-corrected chi connectivity index (χ0v) is 14.3. The van der Waals surface area contributed by atoms with E-state index in [2.05, 4.69) is 5.32 Å². The highest BCUT2D eigenvalue weighted by Crippen LogP contribution is 2.39. The molecule has 0 radical (unpaired) electrons. The topological polar surface area (TPSA) is 83.1 Å². The van der Waals surface area contributed by atoms with Crippen molar-refractivity contribution in [3.8, 4) is 0 Å². The van der Waals surface area contributed by atoms with Crippen molar-refractivity contribution >= 4 is 12.1 Å². The van der Waals surface area contributed by atoms with Gasteiger partial charge in [-0.2, -0.15) is 0 Å². The van der Waals surface area contributed by atoms with Crippen LogP contribution in [-0.4, -0.2) is 49.8 Å². The Morgan fingerprint density at radius 2 is 1.74 bits per heavy atom. The summed E-state index contributed by atoms with van der Waals surface area (Å²) in [5.41, 5.74) is -0.618. The first-order chi connectivity index (χ1) is 10.7. The lowest BCUT2D eigenvalue weighted by molar-refractivity contribution is -0.185. The minimum atomic E-state index is -0.714. The highest BCUT2D eigenvalue weighted by Gasteiger charge is 2.44. The molecular weight excluding hydrogens is 302 g/mol. The fourth-order valence-electron chi connectivity index (χ4n) is 3.13. The van der Waals surface area contributed by atoms with E-state index in [0.717, 1.165) is 12.8 Å². The second kappa shape index (κ2) is 7.05. The molecule has 1 amide bonds. The number of nitrogens with one attached hydrogen (secondary N) is 1. The number of hydrogen-bond acceptors (Lipinski definition) is 6. The van der Waals surface area contributed by atoms with Gasteiger partial charge in [-0.25, -0.2) is 9.59 Å². The minimum absolute atomic E-state index is 0.0200. The second-order valence-electron chi connectivity index (χ2n) is 7.09. The van der Waals surface area contributed by atoms with Crippen molar-refractivity contribution in [1.82, 2.24) is 5.32 Å². The summed E-state index contributed by atoms with van der Waals surface area (Å²) in [6, 6.07) is -0.714. The summed E-state index contributed by atoms with van der Waals surface area (Å²) in [6.45, 7) is 6.55. The van der Waals surface area contributed by atoms with Gasteiger partial charge in [-0.3, -0.25) is 0 Å². The Labute approximate surface area is 137 Å². The summed E-state index contributed by atoms with van der Waals surface area (Å²) in [4.78, 5) is 24.1. The highest BCUT2D eigenvalue weighted by atomic mass is 16.7. The number of ether oxygens (including phenoxy) is 4. The summed E-state index contributed by atoms with van der Waals surface area (Å²) < 4.78 is 21.5. The third kappa shape index (κ3) is 4.81. The van der Waals surface area contributed by atoms with Crippen LogP contribution in [0, 0.1) is 5.92 Å². The molecule has 23 heavy (non-hydrogen) atoms. The molecule has 1 N–H and O–H groups in total. The molecule has 132 valence electrons. The van der Waals surface area contributed by atoms with E-state index in [1.165, 1.54) is 7.11 Å². The maximum atomic E-state index is 12.1. The van der Waals surface area contributed by atoms with Crippen molar-refractivity contribution in [2.75, 3.05) is 20.3 Å². The Hall–Kier alpha value is -1.34. The Kier molecular flexibility index (Phi) is 5.52. The van der Waals surface area contributed by atoms with Gasteiger partial charge in [0.1, 0.15) is 11.6 Å². The zero-order chi connectivity index (χ0) is 17.1. The van der Waals surface area contributed by atoms with Crippen molar-refractivity contribution in [3.63, 3.8) is 0 Å². The number of alkyl carbamates (subject to hydrolysis) is 1. The molecule has 2 fully saturated rings. The molecule has 7 heteroatoms. The van der Waals surface area contributed by atoms with Gasteiger partial charge >= 0.3 is 12.1 Å². The number of esters is 1. The standard InChI is InChI=1S/C16H27NO6/c1-15(2,3)23-14(19)17-12(13(18)20-4)11-5-7-16(8-6-11)21-9-10-22-16/h11-12H,5-10H2,1-4H3,(H,17,19)/t12-/m0/s1. The van der Waals surface area contributed by atoms with Crippen LogP contribution in [0.4, 0.5) is 4.79 Å². The van der Waals surface area contributed by atoms with Crippen LogP contribution in [0.2, 0.25) is 0 Å². The lowest BCUT2D eigenvalue weighted by atomic mass is 9.80. The van der Waals surface area contributed by atoms with Crippen LogP contribution in [0.15, 0.2) is 0 Å². The van der Waals surface area contributed by atoms with Crippen LogP contribution in [-0.2, 0) is 23.7 Å². The third-order valence-electron chi connectivity index (χ3n) is 4.20. The summed E-state index contributed by atoms with van der Waals surface area (Å²) >= 11 is 0. The molecule has 7 nitrogen and oxygen atoms in total. The van der Waals surface area contributed by atoms with Gasteiger partial charge in [0, 0.05) is 12.8 Å². The Morgan fingerprint density at radius 1 is 1.17 bits per heavy atom. The van der Waals surface area contributed by atoms with Gasteiger partial charge in [0.2, 0.25) is 0 Å². The smallest absolute Gasteiger partial charge is 0.408 e. The van der Waals surface area contributed by atoms with Crippen LogP contribution in [0.1, 0.15) is 46.5 Å². The van der Waals surface area contributed by atoms with Crippen LogP contribution in [0.3, 0.4) is 0 Å². The monoisotopic (exact) mass is 329 g/mol. The predicted octanol–water partition coefficient (Wildman–Crippen LogP) is 1.99. The van der Waals surface area contributed by atoms with Crippen molar-refractivity contribution in [3.05, 3.63) is 0 Å². The highest BCUT2D eigenvalue weighted by molar-refractivity contribution is 5.81. The maximum Gasteiger partial charge on any atom is 0.408 e. The molecule has 2 rings (SSSR count). The lowest BCUT2D eigenvalue weighted by Gasteiger charge is -2.37. The molecule has 0 unspecified atom stereocenters. The number of carbonyl (C=O) groups is 2. The molecule has 1 aliphatic carbocycles. The molecule has 0 aromatic carbocycles. The Morgan fingerprint density at radius 3 is 2.22 bits per heavy atom. The Bertz CT molecular complexity index is 428. The van der Waals surface area contributed by atoms with Gasteiger partial charge < -0.3 is 24.3 Å². The van der Waals surface area contributed by atoms with Gasteiger partial charge in [0.15, 0.2) is 5.79 Å². The number of carbonyl (C=O) groups excluding carboxylic acids is 2. The molecule has 0 aromatic rings. The van der Waals surface area contributed by atoms with E-state index in [1.807, 2.05) is 0 Å². The van der Waals surface area contributed by atoms with Gasteiger partial charge in [0.05, 0.1) is 20.3 Å². The first-order valence-corrected chi connectivity index (χ1v) is 8.10. The summed E-state index contributed by atoms with van der Waals surface area (Å²) in [7, 11) is 1.32. The lowest BCUT2D eigenvalue weighted by Crippen LogP contribution is -2.50. The second-order valence-corrected chi connectivity index (χ2v) is 7.09. The largest absolute Gasteiger partial charge is 0.467 e. The maximum absolute atomic E-state index is 12.1. The molecule has 0 aromatic heterocycles. The fourth-order valence-corrected chi connectivity index (χ4v) is 3.13. The van der Waals surface area contributed by atoms with E-state index in [0.29, 0.717) is 26.1 Å². The molecule has 1 spiro atoms. The number of rotatable bonds is 3. The van der Waals surface area contributed by atoms with E-state index < -0.39 is 29.5 Å². The molecular formula is C16H27NO6. The molecule has 1 aliphatic heterocycles. The van der Waals surface area contributed by atoms with Gasteiger partial charge in [0.25, 0.3) is 0 Å². The van der Waals surface area contributed by atoms with E-state index in [9.17, 15) is 9.59 Å². The third-order valence-corrected chi connectivity index (χ3v) is 4.20. The number of hydrogen-bond donors (Lipinski definition) is 1. The van der Waals surface area contributed by atoms with Crippen LogP contribution >= 0.6 is 0 Å². The van der Waals surface area contributed by atoms with E-state index in [-0.39, 0.29) is 5.92 Å². The van der Waals surface area contributed by atoms with Crippen molar-refractivity contribution in [2.24, 2.45) is 5.92 Å².